The van der Waals surface area contributed by atoms with E-state index in [1.165, 1.54) is 11.3 Å². The van der Waals surface area contributed by atoms with Crippen LogP contribution in [0.5, 0.6) is 0 Å². The first-order chi connectivity index (χ1) is 12.5. The van der Waals surface area contributed by atoms with Crippen LogP contribution in [0.4, 0.5) is 9.93 Å². The number of urea groups is 1. The minimum atomic E-state index is -0.736. The van der Waals surface area contributed by atoms with Crippen LogP contribution in [0, 0.1) is 0 Å². The summed E-state index contributed by atoms with van der Waals surface area (Å²) in [6.45, 7) is 0.0645. The summed E-state index contributed by atoms with van der Waals surface area (Å²) in [6.07, 6.45) is 3.25. The molecule has 2 fully saturated rings. The summed E-state index contributed by atoms with van der Waals surface area (Å²) < 4.78 is 0.880. The molecule has 0 unspecified atom stereocenters. The molecule has 1 saturated carbocycles. The number of amides is 4. The second-order valence-corrected chi connectivity index (χ2v) is 8.07. The van der Waals surface area contributed by atoms with E-state index in [-0.39, 0.29) is 24.8 Å². The first-order valence-corrected chi connectivity index (χ1v) is 9.66. The molecule has 1 aromatic carbocycles. The number of carbonyl (C=O) groups excluding carboxylic acids is 3. The van der Waals surface area contributed by atoms with Crippen LogP contribution in [-0.4, -0.2) is 39.8 Å². The van der Waals surface area contributed by atoms with Crippen LogP contribution < -0.4 is 10.6 Å². The van der Waals surface area contributed by atoms with Crippen molar-refractivity contribution in [2.45, 2.75) is 37.6 Å². The van der Waals surface area contributed by atoms with E-state index in [9.17, 15) is 14.4 Å². The van der Waals surface area contributed by atoms with Gasteiger partial charge in [-0.15, -0.1) is 0 Å². The Labute approximate surface area is 158 Å². The third kappa shape index (κ3) is 3.03. The van der Waals surface area contributed by atoms with Crippen LogP contribution in [0.15, 0.2) is 18.2 Å². The molecule has 1 aliphatic heterocycles. The molecule has 0 atom stereocenters. The second-order valence-electron chi connectivity index (χ2n) is 6.61. The number of thiazole rings is 1. The highest BCUT2D eigenvalue weighted by atomic mass is 35.5. The lowest BCUT2D eigenvalue weighted by Gasteiger charge is -2.19. The van der Waals surface area contributed by atoms with Gasteiger partial charge < -0.3 is 10.6 Å². The molecule has 1 aliphatic carbocycles. The van der Waals surface area contributed by atoms with Crippen LogP contribution in [0.3, 0.4) is 0 Å². The Morgan fingerprint density at radius 2 is 2.12 bits per heavy atom. The topological polar surface area (TPSA) is 91.4 Å². The van der Waals surface area contributed by atoms with Gasteiger partial charge >= 0.3 is 6.03 Å². The number of nitrogens with zero attached hydrogens (tertiary/aromatic N) is 2. The molecule has 7 nitrogen and oxygen atoms in total. The third-order valence-corrected chi connectivity index (χ3v) is 6.03. The van der Waals surface area contributed by atoms with Gasteiger partial charge in [0.05, 0.1) is 10.2 Å². The number of hydrogen-bond acceptors (Lipinski definition) is 5. The first kappa shape index (κ1) is 17.2. The van der Waals surface area contributed by atoms with E-state index in [1.54, 1.807) is 18.2 Å². The maximum atomic E-state index is 12.5. The molecule has 0 bridgehead atoms. The number of fused-ring (bicyclic) bond motifs is 1. The van der Waals surface area contributed by atoms with E-state index < -0.39 is 11.6 Å². The largest absolute Gasteiger partial charge is 0.325 e. The van der Waals surface area contributed by atoms with E-state index >= 15 is 0 Å². The molecule has 1 saturated heterocycles. The standard InChI is InChI=1S/C17H17ClN4O3S/c18-10-3-4-11-12(9-10)26-15(19-11)20-13(23)5-8-22-14(24)17(21-16(22)25)6-1-2-7-17/h3-4,9H,1-2,5-8H2,(H,21,25)(H,19,20,23). The lowest BCUT2D eigenvalue weighted by atomic mass is 9.98. The van der Waals surface area contributed by atoms with Gasteiger partial charge in [-0.2, -0.15) is 0 Å². The minimum Gasteiger partial charge on any atom is -0.323 e. The number of benzene rings is 1. The van der Waals surface area contributed by atoms with Gasteiger partial charge in [0, 0.05) is 18.0 Å². The molecular weight excluding hydrogens is 376 g/mol. The normalized spacial score (nSPS) is 18.7. The number of nitrogens with one attached hydrogen (secondary N) is 2. The monoisotopic (exact) mass is 392 g/mol. The van der Waals surface area contributed by atoms with Crippen molar-refractivity contribution in [3.05, 3.63) is 23.2 Å². The number of anilines is 1. The van der Waals surface area contributed by atoms with E-state index in [0.29, 0.717) is 23.0 Å². The summed E-state index contributed by atoms with van der Waals surface area (Å²) in [5, 5.41) is 6.61. The Morgan fingerprint density at radius 1 is 1.35 bits per heavy atom. The van der Waals surface area contributed by atoms with Crippen molar-refractivity contribution in [1.82, 2.24) is 15.2 Å². The van der Waals surface area contributed by atoms with Crippen LogP contribution in [0.1, 0.15) is 32.1 Å². The smallest absolute Gasteiger partial charge is 0.323 e. The number of carbonyl (C=O) groups is 3. The van der Waals surface area contributed by atoms with Crippen molar-refractivity contribution in [3.8, 4) is 0 Å². The Hall–Kier alpha value is -2.19. The van der Waals surface area contributed by atoms with Gasteiger partial charge in [-0.05, 0) is 31.0 Å². The Morgan fingerprint density at radius 3 is 2.88 bits per heavy atom. The predicted molar refractivity (Wildman–Crippen MR) is 99.3 cm³/mol. The summed E-state index contributed by atoms with van der Waals surface area (Å²) in [4.78, 5) is 42.3. The number of imide groups is 1. The molecule has 1 aromatic heterocycles. The average Bonchev–Trinajstić information content (AvgIpc) is 3.26. The van der Waals surface area contributed by atoms with Crippen molar-refractivity contribution in [2.75, 3.05) is 11.9 Å². The van der Waals surface area contributed by atoms with Gasteiger partial charge in [-0.25, -0.2) is 9.78 Å². The van der Waals surface area contributed by atoms with Gasteiger partial charge in [0.15, 0.2) is 5.13 Å². The van der Waals surface area contributed by atoms with Crippen molar-refractivity contribution in [3.63, 3.8) is 0 Å². The average molecular weight is 393 g/mol. The second kappa shape index (κ2) is 6.51. The van der Waals surface area contributed by atoms with Crippen molar-refractivity contribution < 1.29 is 14.4 Å². The summed E-state index contributed by atoms with van der Waals surface area (Å²) in [5.74, 6) is -0.495. The summed E-state index contributed by atoms with van der Waals surface area (Å²) in [7, 11) is 0. The quantitative estimate of drug-likeness (QED) is 0.782. The molecule has 2 heterocycles. The Bertz CT molecular complexity index is 907. The predicted octanol–water partition coefficient (Wildman–Crippen LogP) is 3.14. The van der Waals surface area contributed by atoms with Crippen molar-refractivity contribution in [1.29, 1.82) is 0 Å². The molecule has 4 amide bonds. The number of aromatic nitrogens is 1. The molecule has 2 aliphatic rings. The number of halogens is 1. The summed E-state index contributed by atoms with van der Waals surface area (Å²) in [6, 6.07) is 4.92. The molecule has 136 valence electrons. The fraction of sp³-hybridized carbons (Fsp3) is 0.412. The van der Waals surface area contributed by atoms with Crippen molar-refractivity contribution >= 4 is 56.1 Å². The molecule has 0 radical (unpaired) electrons. The van der Waals surface area contributed by atoms with Crippen LogP contribution in [0.25, 0.3) is 10.2 Å². The van der Waals surface area contributed by atoms with E-state index in [4.69, 9.17) is 11.6 Å². The summed E-state index contributed by atoms with van der Waals surface area (Å²) in [5.41, 5.74) is 0.0202. The SMILES string of the molecule is O=C(CCN1C(=O)NC2(CCCC2)C1=O)Nc1nc2ccc(Cl)cc2s1. The molecule has 26 heavy (non-hydrogen) atoms. The molecule has 2 aromatic rings. The van der Waals surface area contributed by atoms with Crippen LogP contribution in [-0.2, 0) is 9.59 Å². The Balaban J connectivity index is 1.37. The molecule has 9 heteroatoms. The molecule has 2 N–H and O–H groups in total. The first-order valence-electron chi connectivity index (χ1n) is 8.47. The highest BCUT2D eigenvalue weighted by Crippen LogP contribution is 2.35. The van der Waals surface area contributed by atoms with E-state index in [0.717, 1.165) is 28.0 Å². The number of rotatable bonds is 4. The minimum absolute atomic E-state index is 0.0337. The molecular formula is C17H17ClN4O3S. The van der Waals surface area contributed by atoms with Gasteiger partial charge in [0.2, 0.25) is 5.91 Å². The lowest BCUT2D eigenvalue weighted by molar-refractivity contribution is -0.131. The Kier molecular flexibility index (Phi) is 4.32. The van der Waals surface area contributed by atoms with Crippen LogP contribution in [0.2, 0.25) is 5.02 Å². The van der Waals surface area contributed by atoms with E-state index in [2.05, 4.69) is 15.6 Å². The zero-order valence-corrected chi connectivity index (χ0v) is 15.5. The summed E-state index contributed by atoms with van der Waals surface area (Å²) >= 11 is 7.28. The third-order valence-electron chi connectivity index (χ3n) is 4.86. The van der Waals surface area contributed by atoms with E-state index in [1.807, 2.05) is 0 Å². The lowest BCUT2D eigenvalue weighted by Crippen LogP contribution is -2.44. The zero-order valence-electron chi connectivity index (χ0n) is 13.9. The number of hydrogen-bond donors (Lipinski definition) is 2. The van der Waals surface area contributed by atoms with Gasteiger partial charge in [0.1, 0.15) is 5.54 Å². The van der Waals surface area contributed by atoms with Gasteiger partial charge in [-0.1, -0.05) is 35.8 Å². The maximum Gasteiger partial charge on any atom is 0.325 e. The van der Waals surface area contributed by atoms with Gasteiger partial charge in [-0.3, -0.25) is 14.5 Å². The molecule has 4 rings (SSSR count). The van der Waals surface area contributed by atoms with Crippen molar-refractivity contribution in [2.24, 2.45) is 0 Å². The fourth-order valence-corrected chi connectivity index (χ4v) is 4.70. The fourth-order valence-electron chi connectivity index (χ4n) is 3.54. The maximum absolute atomic E-state index is 12.5. The van der Waals surface area contributed by atoms with Gasteiger partial charge in [0.25, 0.3) is 5.91 Å². The van der Waals surface area contributed by atoms with Crippen LogP contribution >= 0.6 is 22.9 Å². The highest BCUT2D eigenvalue weighted by Gasteiger charge is 2.52. The molecule has 1 spiro atoms. The highest BCUT2D eigenvalue weighted by molar-refractivity contribution is 7.22. The zero-order chi connectivity index (χ0) is 18.3.